The van der Waals surface area contributed by atoms with Crippen molar-refractivity contribution in [3.8, 4) is 0 Å². The molecular weight excluding hydrogens is 279 g/mol. The molecule has 1 unspecified atom stereocenters. The topological polar surface area (TPSA) is 70.7 Å². The molecule has 0 aliphatic carbocycles. The molecule has 1 amide bonds. The van der Waals surface area contributed by atoms with E-state index in [0.29, 0.717) is 17.5 Å². The number of carbonyl (C=O) groups is 1. The van der Waals surface area contributed by atoms with E-state index >= 15 is 0 Å². The van der Waals surface area contributed by atoms with Crippen molar-refractivity contribution in [1.82, 2.24) is 20.5 Å². The van der Waals surface area contributed by atoms with Crippen LogP contribution < -0.4 is 5.32 Å². The summed E-state index contributed by atoms with van der Waals surface area (Å²) in [4.78, 5) is 16.1. The van der Waals surface area contributed by atoms with Gasteiger partial charge in [0.1, 0.15) is 11.6 Å². The molecule has 0 bridgehead atoms. The quantitative estimate of drug-likeness (QED) is 0.828. The van der Waals surface area contributed by atoms with Crippen molar-refractivity contribution in [3.63, 3.8) is 0 Å². The Labute approximate surface area is 120 Å². The summed E-state index contributed by atoms with van der Waals surface area (Å²) in [5.41, 5.74) is 0.852. The Kier molecular flexibility index (Phi) is 4.73. The van der Waals surface area contributed by atoms with E-state index in [0.717, 1.165) is 5.56 Å². The van der Waals surface area contributed by atoms with Crippen molar-refractivity contribution in [1.29, 1.82) is 0 Å². The molecule has 0 saturated heterocycles. The number of nitrogens with one attached hydrogen (secondary N) is 2. The molecule has 1 aromatic carbocycles. The van der Waals surface area contributed by atoms with Gasteiger partial charge in [-0.25, -0.2) is 9.37 Å². The summed E-state index contributed by atoms with van der Waals surface area (Å²) in [6, 6.07) is 6.03. The lowest BCUT2D eigenvalue weighted by atomic mass is 10.2. The van der Waals surface area contributed by atoms with Crippen molar-refractivity contribution < 1.29 is 9.18 Å². The number of amides is 1. The predicted molar refractivity (Wildman–Crippen MR) is 74.7 cm³/mol. The van der Waals surface area contributed by atoms with Gasteiger partial charge in [0.2, 0.25) is 11.1 Å². The third-order valence-corrected chi connectivity index (χ3v) is 3.57. The maximum absolute atomic E-state index is 12.8. The number of nitrogens with zero attached hydrogens (tertiary/aromatic N) is 2. The Hall–Kier alpha value is -1.89. The van der Waals surface area contributed by atoms with Crippen LogP contribution in [0.5, 0.6) is 0 Å². The molecule has 1 heterocycles. The molecule has 20 heavy (non-hydrogen) atoms. The first kappa shape index (κ1) is 14.5. The number of carbonyl (C=O) groups excluding carboxylic acids is 1. The van der Waals surface area contributed by atoms with E-state index in [1.165, 1.54) is 23.9 Å². The van der Waals surface area contributed by atoms with Crippen LogP contribution in [0.15, 0.2) is 29.4 Å². The molecule has 106 valence electrons. The highest BCUT2D eigenvalue weighted by molar-refractivity contribution is 8.00. The fourth-order valence-corrected chi connectivity index (χ4v) is 2.32. The van der Waals surface area contributed by atoms with Gasteiger partial charge >= 0.3 is 0 Å². The minimum atomic E-state index is -0.300. The summed E-state index contributed by atoms with van der Waals surface area (Å²) in [5.74, 6) is 0.317. The van der Waals surface area contributed by atoms with E-state index in [9.17, 15) is 9.18 Å². The van der Waals surface area contributed by atoms with Crippen LogP contribution in [0, 0.1) is 12.7 Å². The summed E-state index contributed by atoms with van der Waals surface area (Å²) < 4.78 is 12.8. The normalized spacial score (nSPS) is 12.2. The number of aromatic amines is 1. The van der Waals surface area contributed by atoms with Crippen molar-refractivity contribution >= 4 is 17.7 Å². The second kappa shape index (κ2) is 6.51. The highest BCUT2D eigenvalue weighted by atomic mass is 32.2. The van der Waals surface area contributed by atoms with Gasteiger partial charge in [-0.15, -0.1) is 5.10 Å². The maximum Gasteiger partial charge on any atom is 0.233 e. The smallest absolute Gasteiger partial charge is 0.233 e. The van der Waals surface area contributed by atoms with Gasteiger partial charge < -0.3 is 5.32 Å². The minimum absolute atomic E-state index is 0.109. The molecule has 2 rings (SSSR count). The van der Waals surface area contributed by atoms with Crippen LogP contribution in [0.2, 0.25) is 0 Å². The van der Waals surface area contributed by atoms with Crippen molar-refractivity contribution in [2.75, 3.05) is 0 Å². The minimum Gasteiger partial charge on any atom is -0.351 e. The zero-order valence-corrected chi connectivity index (χ0v) is 12.0. The Morgan fingerprint density at radius 2 is 2.15 bits per heavy atom. The lowest BCUT2D eigenvalue weighted by molar-refractivity contribution is -0.120. The zero-order valence-electron chi connectivity index (χ0n) is 11.2. The van der Waals surface area contributed by atoms with Gasteiger partial charge in [0, 0.05) is 6.54 Å². The summed E-state index contributed by atoms with van der Waals surface area (Å²) in [5, 5.41) is 9.74. The molecule has 7 heteroatoms. The van der Waals surface area contributed by atoms with Gasteiger partial charge in [0.05, 0.1) is 5.25 Å². The first-order chi connectivity index (χ1) is 9.54. The number of benzene rings is 1. The number of aryl methyl sites for hydroxylation is 1. The van der Waals surface area contributed by atoms with Crippen molar-refractivity contribution in [3.05, 3.63) is 41.5 Å². The standard InChI is InChI=1S/C13H15FN4OS/c1-8(20-13-16-9(2)17-18-13)12(19)15-7-10-3-5-11(14)6-4-10/h3-6,8H,7H2,1-2H3,(H,15,19)(H,16,17,18). The Balaban J connectivity index is 1.83. The first-order valence-electron chi connectivity index (χ1n) is 6.12. The molecule has 5 nitrogen and oxygen atoms in total. The van der Waals surface area contributed by atoms with Gasteiger partial charge in [-0.2, -0.15) is 0 Å². The number of hydrogen-bond acceptors (Lipinski definition) is 4. The molecule has 0 fully saturated rings. The van der Waals surface area contributed by atoms with Crippen molar-refractivity contribution in [2.45, 2.75) is 30.8 Å². The van der Waals surface area contributed by atoms with Crippen LogP contribution in [-0.4, -0.2) is 26.3 Å². The van der Waals surface area contributed by atoms with Gasteiger partial charge in [-0.3, -0.25) is 9.89 Å². The van der Waals surface area contributed by atoms with Crippen LogP contribution >= 0.6 is 11.8 Å². The van der Waals surface area contributed by atoms with E-state index in [2.05, 4.69) is 20.5 Å². The Bertz CT molecular complexity index is 584. The van der Waals surface area contributed by atoms with Crippen LogP contribution in [0.25, 0.3) is 0 Å². The van der Waals surface area contributed by atoms with E-state index in [1.807, 2.05) is 0 Å². The Morgan fingerprint density at radius 1 is 1.45 bits per heavy atom. The average molecular weight is 294 g/mol. The third-order valence-electron chi connectivity index (χ3n) is 2.61. The molecule has 0 radical (unpaired) electrons. The zero-order chi connectivity index (χ0) is 14.5. The molecule has 1 atom stereocenters. The van der Waals surface area contributed by atoms with Crippen molar-refractivity contribution in [2.24, 2.45) is 0 Å². The van der Waals surface area contributed by atoms with Crippen LogP contribution in [0.4, 0.5) is 4.39 Å². The van der Waals surface area contributed by atoms with Gasteiger partial charge in [0.25, 0.3) is 0 Å². The monoisotopic (exact) mass is 294 g/mol. The second-order valence-electron chi connectivity index (χ2n) is 4.31. The maximum atomic E-state index is 12.8. The molecule has 0 aliphatic rings. The number of aromatic nitrogens is 3. The molecule has 2 N–H and O–H groups in total. The van der Waals surface area contributed by atoms with Gasteiger partial charge in [0.15, 0.2) is 0 Å². The van der Waals surface area contributed by atoms with E-state index in [4.69, 9.17) is 0 Å². The van der Waals surface area contributed by atoms with Gasteiger partial charge in [-0.1, -0.05) is 23.9 Å². The van der Waals surface area contributed by atoms with E-state index < -0.39 is 0 Å². The third kappa shape index (κ3) is 4.06. The predicted octanol–water partition coefficient (Wildman–Crippen LogP) is 2.05. The summed E-state index contributed by atoms with van der Waals surface area (Å²) >= 11 is 1.28. The number of H-pyrrole nitrogens is 1. The lowest BCUT2D eigenvalue weighted by Gasteiger charge is -2.10. The highest BCUT2D eigenvalue weighted by Gasteiger charge is 2.16. The molecule has 0 saturated carbocycles. The largest absolute Gasteiger partial charge is 0.351 e. The molecule has 0 aliphatic heterocycles. The number of hydrogen-bond donors (Lipinski definition) is 2. The van der Waals surface area contributed by atoms with E-state index in [1.54, 1.807) is 26.0 Å². The summed E-state index contributed by atoms with van der Waals surface area (Å²) in [7, 11) is 0. The summed E-state index contributed by atoms with van der Waals surface area (Å²) in [6.45, 7) is 3.96. The first-order valence-corrected chi connectivity index (χ1v) is 7.00. The fraction of sp³-hybridized carbons (Fsp3) is 0.308. The summed E-state index contributed by atoms with van der Waals surface area (Å²) in [6.07, 6.45) is 0. The number of halogens is 1. The molecule has 2 aromatic rings. The van der Waals surface area contributed by atoms with Crippen LogP contribution in [0.1, 0.15) is 18.3 Å². The fourth-order valence-electron chi connectivity index (χ4n) is 1.52. The van der Waals surface area contributed by atoms with Crippen LogP contribution in [-0.2, 0) is 11.3 Å². The lowest BCUT2D eigenvalue weighted by Crippen LogP contribution is -2.30. The number of thioether (sulfide) groups is 1. The molecule has 0 spiro atoms. The molecule has 1 aromatic heterocycles. The second-order valence-corrected chi connectivity index (χ2v) is 5.62. The SMILES string of the molecule is Cc1nc(SC(C)C(=O)NCc2ccc(F)cc2)n[nH]1. The molecular formula is C13H15FN4OS. The Morgan fingerprint density at radius 3 is 2.75 bits per heavy atom. The van der Waals surface area contributed by atoms with Crippen LogP contribution in [0.3, 0.4) is 0 Å². The average Bonchev–Trinajstić information content (AvgIpc) is 2.83. The van der Waals surface area contributed by atoms with E-state index in [-0.39, 0.29) is 17.0 Å². The highest BCUT2D eigenvalue weighted by Crippen LogP contribution is 2.18. The number of rotatable bonds is 5. The van der Waals surface area contributed by atoms with Gasteiger partial charge in [-0.05, 0) is 31.5 Å².